The van der Waals surface area contributed by atoms with E-state index in [9.17, 15) is 9.59 Å². The molecule has 1 aliphatic rings. The van der Waals surface area contributed by atoms with Crippen molar-refractivity contribution in [2.45, 2.75) is 0 Å². The Hall–Kier alpha value is -3.08. The van der Waals surface area contributed by atoms with Crippen LogP contribution in [-0.2, 0) is 9.59 Å². The number of hydrogen-bond donors (Lipinski definition) is 1. The smallest absolute Gasteiger partial charge is 0.331 e. The summed E-state index contributed by atoms with van der Waals surface area (Å²) >= 11 is 0. The Balaban J connectivity index is 1.96. The molecule has 0 saturated heterocycles. The molecule has 5 heteroatoms. The first kappa shape index (κ1) is 14.8. The molecule has 23 heavy (non-hydrogen) atoms. The largest absolute Gasteiger partial charge is 0.480 e. The third-order valence-electron chi connectivity index (χ3n) is 3.48. The van der Waals surface area contributed by atoms with Crippen LogP contribution >= 0.6 is 0 Å². The molecule has 0 bridgehead atoms. The van der Waals surface area contributed by atoms with Crippen molar-refractivity contribution >= 4 is 29.8 Å². The first-order valence-electron chi connectivity index (χ1n) is 7.17. The lowest BCUT2D eigenvalue weighted by molar-refractivity contribution is -0.136. The maximum Gasteiger partial charge on any atom is 0.331 e. The summed E-state index contributed by atoms with van der Waals surface area (Å²) in [6.07, 6.45) is 3.77. The van der Waals surface area contributed by atoms with E-state index in [-0.39, 0.29) is 13.1 Å². The third kappa shape index (κ3) is 3.40. The molecule has 1 N–H and O–H groups in total. The summed E-state index contributed by atoms with van der Waals surface area (Å²) in [5, 5.41) is 8.99. The molecule has 3 rings (SSSR count). The average molecular weight is 309 g/mol. The topological polar surface area (TPSA) is 66.8 Å². The zero-order valence-corrected chi connectivity index (χ0v) is 12.3. The van der Waals surface area contributed by atoms with Gasteiger partial charge in [-0.2, -0.15) is 0 Å². The quantitative estimate of drug-likeness (QED) is 0.534. The predicted octanol–water partition coefficient (Wildman–Crippen LogP) is 2.67. The van der Waals surface area contributed by atoms with Gasteiger partial charge in [0.2, 0.25) is 0 Å². The van der Waals surface area contributed by atoms with E-state index in [2.05, 4.69) is 0 Å². The molecule has 0 spiro atoms. The maximum absolute atomic E-state index is 11.8. The number of para-hydroxylation sites is 1. The number of carbonyl (C=O) groups is 2. The van der Waals surface area contributed by atoms with Gasteiger partial charge in [-0.3, -0.25) is 4.79 Å². The molecule has 116 valence electrons. The number of carbonyl (C=O) groups excluding carboxylic acids is 1. The second kappa shape index (κ2) is 6.36. The Morgan fingerprint density at radius 3 is 2.65 bits per heavy atom. The molecule has 0 unspecified atom stereocenters. The number of fused-ring (bicyclic) bond motifs is 1. The van der Waals surface area contributed by atoms with Gasteiger partial charge in [0, 0.05) is 5.56 Å². The number of aliphatic carboxylic acids is 1. The summed E-state index contributed by atoms with van der Waals surface area (Å²) in [5.74, 6) is -1.05. The number of hydrogen-bond acceptors (Lipinski definition) is 4. The van der Waals surface area contributed by atoms with Crippen LogP contribution in [0.5, 0.6) is 5.75 Å². The summed E-state index contributed by atoms with van der Waals surface area (Å²) in [6.45, 7) is -0.306. The molecule has 1 aliphatic heterocycles. The van der Waals surface area contributed by atoms with Gasteiger partial charge < -0.3 is 14.7 Å². The average Bonchev–Trinajstić information content (AvgIpc) is 2.53. The number of nitrogens with zero attached hydrogens (tertiary/aromatic N) is 1. The molecule has 0 aliphatic carbocycles. The molecular formula is C18H15NO4. The van der Waals surface area contributed by atoms with Crippen molar-refractivity contribution in [3.63, 3.8) is 0 Å². The van der Waals surface area contributed by atoms with Crippen molar-refractivity contribution in [1.82, 2.24) is 0 Å². The fourth-order valence-corrected chi connectivity index (χ4v) is 2.48. The molecule has 2 aromatic rings. The minimum atomic E-state index is -0.990. The van der Waals surface area contributed by atoms with Crippen LogP contribution in [0.1, 0.15) is 11.1 Å². The van der Waals surface area contributed by atoms with Crippen LogP contribution < -0.4 is 9.64 Å². The van der Waals surface area contributed by atoms with Crippen LogP contribution in [0.4, 0.5) is 5.69 Å². The van der Waals surface area contributed by atoms with E-state index in [0.29, 0.717) is 11.4 Å². The Labute approximate surface area is 133 Å². The summed E-state index contributed by atoms with van der Waals surface area (Å²) in [4.78, 5) is 24.2. The van der Waals surface area contributed by atoms with Crippen LogP contribution in [0.25, 0.3) is 12.2 Å². The molecule has 0 atom stereocenters. The summed E-state index contributed by atoms with van der Waals surface area (Å²) in [7, 11) is 0. The van der Waals surface area contributed by atoms with Gasteiger partial charge in [-0.05, 0) is 11.6 Å². The first-order chi connectivity index (χ1) is 11.1. The van der Waals surface area contributed by atoms with E-state index in [1.165, 1.54) is 4.90 Å². The Morgan fingerprint density at radius 1 is 1.13 bits per heavy atom. The van der Waals surface area contributed by atoms with Crippen LogP contribution in [0, 0.1) is 0 Å². The lowest BCUT2D eigenvalue weighted by atomic mass is 10.1. The molecule has 0 saturated carbocycles. The zero-order chi connectivity index (χ0) is 16.2. The summed E-state index contributed by atoms with van der Waals surface area (Å²) in [5.41, 5.74) is 2.37. The highest BCUT2D eigenvalue weighted by molar-refractivity contribution is 5.90. The van der Waals surface area contributed by atoms with Crippen molar-refractivity contribution in [2.24, 2.45) is 0 Å². The number of ether oxygens (including phenoxy) is 1. The van der Waals surface area contributed by atoms with Gasteiger partial charge in [0.25, 0.3) is 0 Å². The Kier molecular flexibility index (Phi) is 4.10. The molecule has 2 aromatic carbocycles. The van der Waals surface area contributed by atoms with E-state index in [0.717, 1.165) is 11.1 Å². The van der Waals surface area contributed by atoms with Crippen molar-refractivity contribution < 1.29 is 19.4 Å². The first-order valence-corrected chi connectivity index (χ1v) is 7.17. The highest BCUT2D eigenvalue weighted by Crippen LogP contribution is 2.36. The van der Waals surface area contributed by atoms with Crippen LogP contribution in [0.2, 0.25) is 0 Å². The lowest BCUT2D eigenvalue weighted by Crippen LogP contribution is -2.40. The number of benzene rings is 2. The number of anilines is 1. The highest BCUT2D eigenvalue weighted by atomic mass is 16.5. The lowest BCUT2D eigenvalue weighted by Gasteiger charge is -2.29. The normalized spacial score (nSPS) is 13.7. The summed E-state index contributed by atoms with van der Waals surface area (Å²) in [6, 6.07) is 15.2. The van der Waals surface area contributed by atoms with E-state index in [4.69, 9.17) is 9.84 Å². The monoisotopic (exact) mass is 309 g/mol. The molecule has 5 nitrogen and oxygen atoms in total. The molecule has 0 amide bonds. The Bertz CT molecular complexity index is 768. The minimum absolute atomic E-state index is 0.0643. The molecule has 1 heterocycles. The number of rotatable bonds is 4. The van der Waals surface area contributed by atoms with E-state index in [1.54, 1.807) is 6.07 Å². The maximum atomic E-state index is 11.8. The minimum Gasteiger partial charge on any atom is -0.480 e. The second-order valence-corrected chi connectivity index (χ2v) is 5.16. The number of carboxylic acid groups (broad SMARTS) is 1. The van der Waals surface area contributed by atoms with E-state index >= 15 is 0 Å². The van der Waals surface area contributed by atoms with E-state index < -0.39 is 11.9 Å². The van der Waals surface area contributed by atoms with Crippen molar-refractivity contribution in [3.8, 4) is 5.75 Å². The molecule has 0 aromatic heterocycles. The van der Waals surface area contributed by atoms with Crippen LogP contribution in [0.3, 0.4) is 0 Å². The third-order valence-corrected chi connectivity index (χ3v) is 3.48. The number of esters is 1. The van der Waals surface area contributed by atoms with Crippen molar-refractivity contribution in [1.29, 1.82) is 0 Å². The fraction of sp³-hybridized carbons (Fsp3) is 0.111. The van der Waals surface area contributed by atoms with Gasteiger partial charge in [-0.1, -0.05) is 54.6 Å². The molecular weight excluding hydrogens is 294 g/mol. The van der Waals surface area contributed by atoms with Crippen LogP contribution in [0.15, 0.2) is 48.5 Å². The number of carboxylic acids is 1. The predicted molar refractivity (Wildman–Crippen MR) is 87.3 cm³/mol. The van der Waals surface area contributed by atoms with Gasteiger partial charge in [-0.15, -0.1) is 0 Å². The standard InChI is InChI=1S/C18H15NO4/c20-16(21)11-19-12-17(22)23-18-14(7-4-8-15(18)19)10-9-13-5-2-1-3-6-13/h1-10H,11-12H2,(H,20,21)/b10-9+. The van der Waals surface area contributed by atoms with E-state index in [1.807, 2.05) is 54.6 Å². The second-order valence-electron chi connectivity index (χ2n) is 5.16. The van der Waals surface area contributed by atoms with Gasteiger partial charge in [-0.25, -0.2) is 4.79 Å². The van der Waals surface area contributed by atoms with Crippen LogP contribution in [-0.4, -0.2) is 30.1 Å². The molecule has 0 fully saturated rings. The van der Waals surface area contributed by atoms with Gasteiger partial charge in [0.1, 0.15) is 13.1 Å². The Morgan fingerprint density at radius 2 is 1.91 bits per heavy atom. The summed E-state index contributed by atoms with van der Waals surface area (Å²) < 4.78 is 5.34. The van der Waals surface area contributed by atoms with Gasteiger partial charge >= 0.3 is 11.9 Å². The van der Waals surface area contributed by atoms with Gasteiger partial charge in [0.05, 0.1) is 5.69 Å². The fourth-order valence-electron chi connectivity index (χ4n) is 2.48. The van der Waals surface area contributed by atoms with Crippen molar-refractivity contribution in [3.05, 3.63) is 59.7 Å². The van der Waals surface area contributed by atoms with Crippen molar-refractivity contribution in [2.75, 3.05) is 18.0 Å². The molecule has 0 radical (unpaired) electrons. The zero-order valence-electron chi connectivity index (χ0n) is 12.3. The highest BCUT2D eigenvalue weighted by Gasteiger charge is 2.26. The SMILES string of the molecule is O=C(O)CN1CC(=O)Oc2c(/C=C/c3ccccc3)cccc21. The van der Waals surface area contributed by atoms with Gasteiger partial charge in [0.15, 0.2) is 5.75 Å².